The van der Waals surface area contributed by atoms with Crippen LogP contribution < -0.4 is 5.73 Å². The number of nitrogens with zero attached hydrogens (tertiary/aromatic N) is 1. The Kier molecular flexibility index (Phi) is 5.78. The molecular formula is C26H29N3O3. The number of hydrogen-bond acceptors (Lipinski definition) is 3. The predicted octanol–water partition coefficient (Wildman–Crippen LogP) is 5.35. The standard InChI is InChI=1S/C26H29N3O3/c1-26(2,3)32-25(31)29-11-7-8-17(16-29)12-20-15-28-23-21(20)13-19(14-22(23)24(27)30)18-9-5-4-6-10-18/h4-6,9-10,12-15,28H,7-8,11,16H2,1-3H3,(H2,27,30)/b17-12+. The van der Waals surface area contributed by atoms with E-state index in [1.165, 1.54) is 0 Å². The van der Waals surface area contributed by atoms with Gasteiger partial charge in [-0.15, -0.1) is 0 Å². The first-order valence-electron chi connectivity index (χ1n) is 10.9. The Bertz CT molecular complexity index is 1190. The third-order valence-corrected chi connectivity index (χ3v) is 5.53. The molecule has 1 aliphatic rings. The van der Waals surface area contributed by atoms with Crippen LogP contribution in [0.25, 0.3) is 28.1 Å². The first-order chi connectivity index (χ1) is 15.2. The van der Waals surface area contributed by atoms with Crippen LogP contribution in [0, 0.1) is 0 Å². The summed E-state index contributed by atoms with van der Waals surface area (Å²) in [4.78, 5) is 29.6. The summed E-state index contributed by atoms with van der Waals surface area (Å²) >= 11 is 0. The number of benzene rings is 2. The molecule has 1 saturated heterocycles. The fourth-order valence-corrected chi connectivity index (χ4v) is 4.08. The molecule has 0 radical (unpaired) electrons. The Morgan fingerprint density at radius 2 is 1.88 bits per heavy atom. The average molecular weight is 432 g/mol. The second kappa shape index (κ2) is 8.54. The number of ether oxygens (including phenoxy) is 1. The lowest BCUT2D eigenvalue weighted by atomic mass is 9.97. The number of primary amides is 1. The number of rotatable bonds is 3. The second-order valence-electron chi connectivity index (χ2n) is 9.23. The molecular weight excluding hydrogens is 402 g/mol. The molecule has 0 spiro atoms. The van der Waals surface area contributed by atoms with E-state index in [0.717, 1.165) is 46.0 Å². The molecule has 3 aromatic rings. The van der Waals surface area contributed by atoms with Crippen molar-refractivity contribution >= 4 is 29.0 Å². The first kappa shape index (κ1) is 21.7. The number of fused-ring (bicyclic) bond motifs is 1. The summed E-state index contributed by atoms with van der Waals surface area (Å²) < 4.78 is 5.54. The van der Waals surface area contributed by atoms with Crippen molar-refractivity contribution in [3.63, 3.8) is 0 Å². The quantitative estimate of drug-likeness (QED) is 0.586. The molecule has 2 aromatic carbocycles. The minimum atomic E-state index is -0.520. The Morgan fingerprint density at radius 1 is 1.12 bits per heavy atom. The van der Waals surface area contributed by atoms with E-state index < -0.39 is 11.5 Å². The van der Waals surface area contributed by atoms with Crippen LogP contribution in [0.4, 0.5) is 4.79 Å². The van der Waals surface area contributed by atoms with E-state index in [-0.39, 0.29) is 6.09 Å². The number of carbonyl (C=O) groups is 2. The average Bonchev–Trinajstić information content (AvgIpc) is 3.15. The van der Waals surface area contributed by atoms with Gasteiger partial charge in [0.1, 0.15) is 5.60 Å². The van der Waals surface area contributed by atoms with Crippen LogP contribution in [-0.4, -0.2) is 40.6 Å². The third-order valence-electron chi connectivity index (χ3n) is 5.53. The molecule has 0 atom stereocenters. The third kappa shape index (κ3) is 4.69. The van der Waals surface area contributed by atoms with E-state index in [1.807, 2.05) is 63.4 Å². The Labute approximate surface area is 188 Å². The van der Waals surface area contributed by atoms with Crippen molar-refractivity contribution in [2.24, 2.45) is 5.73 Å². The Morgan fingerprint density at radius 3 is 2.56 bits per heavy atom. The maximum absolute atomic E-state index is 12.5. The van der Waals surface area contributed by atoms with Crippen molar-refractivity contribution in [2.45, 2.75) is 39.2 Å². The normalized spacial score (nSPS) is 15.8. The van der Waals surface area contributed by atoms with Crippen molar-refractivity contribution in [1.29, 1.82) is 0 Å². The van der Waals surface area contributed by atoms with Gasteiger partial charge in [-0.05, 0) is 62.4 Å². The Balaban J connectivity index is 1.70. The van der Waals surface area contributed by atoms with Crippen molar-refractivity contribution in [3.8, 4) is 11.1 Å². The second-order valence-corrected chi connectivity index (χ2v) is 9.23. The van der Waals surface area contributed by atoms with Crippen molar-refractivity contribution < 1.29 is 14.3 Å². The molecule has 1 fully saturated rings. The van der Waals surface area contributed by atoms with Gasteiger partial charge in [0.15, 0.2) is 0 Å². The van der Waals surface area contributed by atoms with Crippen LogP contribution in [0.1, 0.15) is 49.5 Å². The number of nitrogens with two attached hydrogens (primary N) is 1. The van der Waals surface area contributed by atoms with Gasteiger partial charge in [-0.2, -0.15) is 0 Å². The van der Waals surface area contributed by atoms with Crippen LogP contribution in [-0.2, 0) is 4.74 Å². The number of amides is 2. The number of aromatic nitrogens is 1. The lowest BCUT2D eigenvalue weighted by Crippen LogP contribution is -2.40. The summed E-state index contributed by atoms with van der Waals surface area (Å²) in [6, 6.07) is 13.8. The Hall–Kier alpha value is -3.54. The van der Waals surface area contributed by atoms with Gasteiger partial charge in [0.25, 0.3) is 5.91 Å². The minimum absolute atomic E-state index is 0.288. The SMILES string of the molecule is CC(C)(C)OC(=O)N1CCC/C(=C\c2c[nH]c3c(C(N)=O)cc(-c4ccccc4)cc23)C1. The van der Waals surface area contributed by atoms with Gasteiger partial charge in [-0.1, -0.05) is 42.0 Å². The van der Waals surface area contributed by atoms with E-state index in [0.29, 0.717) is 18.7 Å². The topological polar surface area (TPSA) is 88.4 Å². The van der Waals surface area contributed by atoms with Gasteiger partial charge in [0.05, 0.1) is 11.1 Å². The maximum Gasteiger partial charge on any atom is 0.410 e. The summed E-state index contributed by atoms with van der Waals surface area (Å²) in [5.74, 6) is -0.470. The number of H-pyrrole nitrogens is 1. The molecule has 3 N–H and O–H groups in total. The van der Waals surface area contributed by atoms with Gasteiger partial charge in [0, 0.05) is 24.7 Å². The van der Waals surface area contributed by atoms with E-state index in [1.54, 1.807) is 4.90 Å². The molecule has 6 nitrogen and oxygen atoms in total. The maximum atomic E-state index is 12.5. The molecule has 166 valence electrons. The van der Waals surface area contributed by atoms with Gasteiger partial charge in [0.2, 0.25) is 0 Å². The fourth-order valence-electron chi connectivity index (χ4n) is 4.08. The van der Waals surface area contributed by atoms with Crippen LogP contribution in [0.5, 0.6) is 0 Å². The van der Waals surface area contributed by atoms with E-state index in [2.05, 4.69) is 17.1 Å². The number of likely N-dealkylation sites (tertiary alicyclic amines) is 1. The van der Waals surface area contributed by atoms with Crippen molar-refractivity contribution in [1.82, 2.24) is 9.88 Å². The highest BCUT2D eigenvalue weighted by molar-refractivity contribution is 6.08. The van der Waals surface area contributed by atoms with Gasteiger partial charge >= 0.3 is 6.09 Å². The van der Waals surface area contributed by atoms with E-state index in [4.69, 9.17) is 10.5 Å². The number of nitrogens with one attached hydrogen (secondary N) is 1. The van der Waals surface area contributed by atoms with Gasteiger partial charge in [-0.25, -0.2) is 4.79 Å². The molecule has 0 aliphatic carbocycles. The minimum Gasteiger partial charge on any atom is -0.444 e. The summed E-state index contributed by atoms with van der Waals surface area (Å²) in [5.41, 5.74) is 10.4. The molecule has 4 rings (SSSR count). The van der Waals surface area contributed by atoms with E-state index >= 15 is 0 Å². The van der Waals surface area contributed by atoms with Crippen molar-refractivity contribution in [3.05, 3.63) is 65.4 Å². The van der Waals surface area contributed by atoms with Crippen LogP contribution >= 0.6 is 0 Å². The molecule has 0 unspecified atom stereocenters. The molecule has 1 aliphatic heterocycles. The van der Waals surface area contributed by atoms with Crippen LogP contribution in [0.2, 0.25) is 0 Å². The van der Waals surface area contributed by atoms with Crippen LogP contribution in [0.3, 0.4) is 0 Å². The summed E-state index contributed by atoms with van der Waals surface area (Å²) in [6.07, 6.45) is 5.51. The zero-order valence-electron chi connectivity index (χ0n) is 18.8. The van der Waals surface area contributed by atoms with E-state index in [9.17, 15) is 9.59 Å². The monoisotopic (exact) mass is 431 g/mol. The molecule has 0 bridgehead atoms. The molecule has 1 aromatic heterocycles. The predicted molar refractivity (Wildman–Crippen MR) is 127 cm³/mol. The molecule has 2 heterocycles. The lowest BCUT2D eigenvalue weighted by molar-refractivity contribution is 0.0247. The highest BCUT2D eigenvalue weighted by Gasteiger charge is 2.25. The number of aromatic amines is 1. The largest absolute Gasteiger partial charge is 0.444 e. The number of carbonyl (C=O) groups excluding carboxylic acids is 2. The molecule has 6 heteroatoms. The highest BCUT2D eigenvalue weighted by Crippen LogP contribution is 2.31. The van der Waals surface area contributed by atoms with Gasteiger partial charge in [-0.3, -0.25) is 4.79 Å². The van der Waals surface area contributed by atoms with Gasteiger partial charge < -0.3 is 20.4 Å². The smallest absolute Gasteiger partial charge is 0.410 e. The summed E-state index contributed by atoms with van der Waals surface area (Å²) in [7, 11) is 0. The fraction of sp³-hybridized carbons (Fsp3) is 0.308. The number of piperidine rings is 1. The number of hydrogen-bond donors (Lipinski definition) is 2. The zero-order valence-corrected chi connectivity index (χ0v) is 18.8. The lowest BCUT2D eigenvalue weighted by Gasteiger charge is -2.31. The first-order valence-corrected chi connectivity index (χ1v) is 10.9. The summed E-state index contributed by atoms with van der Waals surface area (Å²) in [6.45, 7) is 6.83. The zero-order chi connectivity index (χ0) is 22.9. The summed E-state index contributed by atoms with van der Waals surface area (Å²) in [5, 5.41) is 0.932. The molecule has 2 amide bonds. The molecule has 32 heavy (non-hydrogen) atoms. The highest BCUT2D eigenvalue weighted by atomic mass is 16.6. The molecule has 0 saturated carbocycles. The van der Waals surface area contributed by atoms with Crippen molar-refractivity contribution in [2.75, 3.05) is 13.1 Å². The van der Waals surface area contributed by atoms with Crippen LogP contribution in [0.15, 0.2) is 54.2 Å².